The van der Waals surface area contributed by atoms with Gasteiger partial charge in [0.05, 0.1) is 6.61 Å². The fourth-order valence-corrected chi connectivity index (χ4v) is 3.52. The van der Waals surface area contributed by atoms with Gasteiger partial charge in [-0.05, 0) is 48.2 Å². The Morgan fingerprint density at radius 2 is 2.00 bits per heavy atom. The molecule has 1 N–H and O–H groups in total. The number of hydrogen-bond acceptors (Lipinski definition) is 2. The standard InChI is InChI=1S/C19H25NO/c1-3-20-19(15-7-6-12-21-13-15)18-11-10-14(2)16-8-4-5-9-17(16)18/h4-5,8-11,15,19-20H,3,6-7,12-13H2,1-2H3. The van der Waals surface area contributed by atoms with Crippen molar-refractivity contribution in [2.24, 2.45) is 5.92 Å². The molecule has 1 heterocycles. The average molecular weight is 283 g/mol. The third kappa shape index (κ3) is 2.97. The topological polar surface area (TPSA) is 21.3 Å². The van der Waals surface area contributed by atoms with E-state index in [0.717, 1.165) is 19.8 Å². The van der Waals surface area contributed by atoms with Crippen molar-refractivity contribution in [2.75, 3.05) is 19.8 Å². The lowest BCUT2D eigenvalue weighted by Gasteiger charge is -2.32. The van der Waals surface area contributed by atoms with Crippen LogP contribution in [0.25, 0.3) is 10.8 Å². The smallest absolute Gasteiger partial charge is 0.0512 e. The van der Waals surface area contributed by atoms with Crippen LogP contribution in [0.3, 0.4) is 0 Å². The van der Waals surface area contributed by atoms with Gasteiger partial charge in [0.15, 0.2) is 0 Å². The first-order valence-corrected chi connectivity index (χ1v) is 8.10. The molecule has 0 aliphatic carbocycles. The van der Waals surface area contributed by atoms with E-state index in [1.807, 2.05) is 0 Å². The van der Waals surface area contributed by atoms with Crippen molar-refractivity contribution in [1.82, 2.24) is 5.32 Å². The second-order valence-corrected chi connectivity index (χ2v) is 6.03. The molecule has 0 saturated carbocycles. The van der Waals surface area contributed by atoms with Crippen LogP contribution in [-0.4, -0.2) is 19.8 Å². The second-order valence-electron chi connectivity index (χ2n) is 6.03. The molecule has 3 rings (SSSR count). The molecular formula is C19H25NO. The van der Waals surface area contributed by atoms with Crippen LogP contribution in [0.5, 0.6) is 0 Å². The number of benzene rings is 2. The van der Waals surface area contributed by atoms with Crippen LogP contribution in [-0.2, 0) is 4.74 Å². The number of hydrogen-bond donors (Lipinski definition) is 1. The molecule has 21 heavy (non-hydrogen) atoms. The maximum Gasteiger partial charge on any atom is 0.0512 e. The van der Waals surface area contributed by atoms with Crippen LogP contribution in [0.2, 0.25) is 0 Å². The van der Waals surface area contributed by atoms with E-state index in [0.29, 0.717) is 12.0 Å². The van der Waals surface area contributed by atoms with E-state index in [1.54, 1.807) is 0 Å². The molecule has 112 valence electrons. The van der Waals surface area contributed by atoms with Crippen LogP contribution in [0.4, 0.5) is 0 Å². The van der Waals surface area contributed by atoms with Crippen LogP contribution in [0.1, 0.15) is 36.9 Å². The predicted molar refractivity (Wildman–Crippen MR) is 88.6 cm³/mol. The summed E-state index contributed by atoms with van der Waals surface area (Å²) in [4.78, 5) is 0. The molecule has 1 fully saturated rings. The minimum absolute atomic E-state index is 0.390. The molecule has 0 radical (unpaired) electrons. The number of rotatable bonds is 4. The molecule has 2 aromatic carbocycles. The van der Waals surface area contributed by atoms with E-state index in [9.17, 15) is 0 Å². The Kier molecular flexibility index (Phi) is 4.57. The molecular weight excluding hydrogens is 258 g/mol. The number of aryl methyl sites for hydroxylation is 1. The van der Waals surface area contributed by atoms with E-state index in [1.165, 1.54) is 34.7 Å². The third-order valence-corrected chi connectivity index (χ3v) is 4.60. The first kappa shape index (κ1) is 14.6. The molecule has 0 aromatic heterocycles. The van der Waals surface area contributed by atoms with Gasteiger partial charge in [0.2, 0.25) is 0 Å². The molecule has 1 aliphatic heterocycles. The van der Waals surface area contributed by atoms with Crippen LogP contribution < -0.4 is 5.32 Å². The van der Waals surface area contributed by atoms with E-state index in [2.05, 4.69) is 55.6 Å². The molecule has 1 saturated heterocycles. The zero-order valence-corrected chi connectivity index (χ0v) is 13.1. The maximum atomic E-state index is 5.73. The molecule has 2 unspecified atom stereocenters. The Bertz CT molecular complexity index is 602. The quantitative estimate of drug-likeness (QED) is 0.907. The molecule has 2 nitrogen and oxygen atoms in total. The van der Waals surface area contributed by atoms with E-state index in [4.69, 9.17) is 4.74 Å². The molecule has 0 bridgehead atoms. The van der Waals surface area contributed by atoms with Gasteiger partial charge in [-0.25, -0.2) is 0 Å². The summed E-state index contributed by atoms with van der Waals surface area (Å²) in [7, 11) is 0. The van der Waals surface area contributed by atoms with Crippen molar-refractivity contribution in [1.29, 1.82) is 0 Å². The van der Waals surface area contributed by atoms with Gasteiger partial charge < -0.3 is 10.1 Å². The predicted octanol–water partition coefficient (Wildman–Crippen LogP) is 4.23. The highest BCUT2D eigenvalue weighted by Gasteiger charge is 2.26. The number of fused-ring (bicyclic) bond motifs is 1. The highest BCUT2D eigenvalue weighted by Crippen LogP contribution is 2.34. The lowest BCUT2D eigenvalue weighted by molar-refractivity contribution is 0.0395. The zero-order chi connectivity index (χ0) is 14.7. The van der Waals surface area contributed by atoms with Crippen molar-refractivity contribution < 1.29 is 4.74 Å². The Labute approximate surface area is 127 Å². The van der Waals surface area contributed by atoms with Gasteiger partial charge in [0.1, 0.15) is 0 Å². The largest absolute Gasteiger partial charge is 0.381 e. The highest BCUT2D eigenvalue weighted by molar-refractivity contribution is 5.89. The normalized spacial score (nSPS) is 20.6. The molecule has 2 atom stereocenters. The molecule has 0 amide bonds. The Hall–Kier alpha value is -1.38. The van der Waals surface area contributed by atoms with Gasteiger partial charge in [-0.15, -0.1) is 0 Å². The van der Waals surface area contributed by atoms with Crippen molar-refractivity contribution in [3.05, 3.63) is 47.5 Å². The van der Waals surface area contributed by atoms with Crippen molar-refractivity contribution >= 4 is 10.8 Å². The van der Waals surface area contributed by atoms with Gasteiger partial charge in [-0.2, -0.15) is 0 Å². The fraction of sp³-hybridized carbons (Fsp3) is 0.474. The van der Waals surface area contributed by atoms with Gasteiger partial charge in [0, 0.05) is 18.6 Å². The zero-order valence-electron chi connectivity index (χ0n) is 13.1. The molecule has 1 aliphatic rings. The Balaban J connectivity index is 2.04. The summed E-state index contributed by atoms with van der Waals surface area (Å²) in [6.07, 6.45) is 2.43. The van der Waals surface area contributed by atoms with Gasteiger partial charge >= 0.3 is 0 Å². The van der Waals surface area contributed by atoms with Gasteiger partial charge in [-0.3, -0.25) is 0 Å². The summed E-state index contributed by atoms with van der Waals surface area (Å²) in [5, 5.41) is 6.45. The minimum Gasteiger partial charge on any atom is -0.381 e. The molecule has 2 aromatic rings. The van der Waals surface area contributed by atoms with Crippen molar-refractivity contribution in [2.45, 2.75) is 32.7 Å². The van der Waals surface area contributed by atoms with Crippen LogP contribution in [0, 0.1) is 12.8 Å². The summed E-state index contributed by atoms with van der Waals surface area (Å²) in [6, 6.07) is 13.7. The van der Waals surface area contributed by atoms with Gasteiger partial charge in [-0.1, -0.05) is 43.3 Å². The summed E-state index contributed by atoms with van der Waals surface area (Å²) in [5.41, 5.74) is 2.78. The van der Waals surface area contributed by atoms with Crippen LogP contribution in [0.15, 0.2) is 36.4 Å². The lowest BCUT2D eigenvalue weighted by atomic mass is 9.85. The van der Waals surface area contributed by atoms with E-state index < -0.39 is 0 Å². The third-order valence-electron chi connectivity index (χ3n) is 4.60. The highest BCUT2D eigenvalue weighted by atomic mass is 16.5. The number of ether oxygens (including phenoxy) is 1. The number of nitrogens with one attached hydrogen (secondary N) is 1. The summed E-state index contributed by atoms with van der Waals surface area (Å²) < 4.78 is 5.73. The SMILES string of the molecule is CCNC(c1ccc(C)c2ccccc12)C1CCCOC1. The second kappa shape index (κ2) is 6.59. The monoisotopic (exact) mass is 283 g/mol. The maximum absolute atomic E-state index is 5.73. The van der Waals surface area contributed by atoms with Crippen molar-refractivity contribution in [3.63, 3.8) is 0 Å². The Morgan fingerprint density at radius 1 is 1.19 bits per heavy atom. The molecule has 2 heteroatoms. The average Bonchev–Trinajstić information content (AvgIpc) is 2.55. The van der Waals surface area contributed by atoms with Crippen LogP contribution >= 0.6 is 0 Å². The van der Waals surface area contributed by atoms with Gasteiger partial charge in [0.25, 0.3) is 0 Å². The fourth-order valence-electron chi connectivity index (χ4n) is 3.52. The first-order chi connectivity index (χ1) is 10.3. The lowest BCUT2D eigenvalue weighted by Crippen LogP contribution is -2.33. The van der Waals surface area contributed by atoms with E-state index in [-0.39, 0.29) is 0 Å². The molecule has 0 spiro atoms. The first-order valence-electron chi connectivity index (χ1n) is 8.10. The summed E-state index contributed by atoms with van der Waals surface area (Å²) >= 11 is 0. The van der Waals surface area contributed by atoms with E-state index >= 15 is 0 Å². The minimum atomic E-state index is 0.390. The Morgan fingerprint density at radius 3 is 2.71 bits per heavy atom. The summed E-state index contributed by atoms with van der Waals surface area (Å²) in [5.74, 6) is 0.574. The van der Waals surface area contributed by atoms with Crippen molar-refractivity contribution in [3.8, 4) is 0 Å². The summed E-state index contributed by atoms with van der Waals surface area (Å²) in [6.45, 7) is 7.17.